The van der Waals surface area contributed by atoms with E-state index < -0.39 is 5.97 Å². The first-order valence-electron chi connectivity index (χ1n) is 7.40. The number of amides is 2. The number of benzene rings is 1. The molecular formula is C16H22N2O3. The van der Waals surface area contributed by atoms with Crippen molar-refractivity contribution >= 4 is 17.7 Å². The zero-order chi connectivity index (χ0) is 15.4. The van der Waals surface area contributed by atoms with Gasteiger partial charge >= 0.3 is 12.0 Å². The molecule has 5 heteroatoms. The summed E-state index contributed by atoms with van der Waals surface area (Å²) < 4.78 is 0. The van der Waals surface area contributed by atoms with Gasteiger partial charge in [-0.15, -0.1) is 0 Å². The number of nitrogens with zero attached hydrogens (tertiary/aromatic N) is 1. The molecule has 2 rings (SSSR count). The largest absolute Gasteiger partial charge is 0.478 e. The molecule has 0 fully saturated rings. The molecule has 0 saturated carbocycles. The highest BCUT2D eigenvalue weighted by Crippen LogP contribution is 2.29. The standard InChI is InChI=1S/C16H22N2O3/c1-11(2)4-3-8-17-16(21)18-9-7-12-5-6-13(15(19)20)10-14(12)18/h5-6,10-11H,3-4,7-9H2,1-2H3,(H,17,21)(H,19,20). The third kappa shape index (κ3) is 3.74. The summed E-state index contributed by atoms with van der Waals surface area (Å²) >= 11 is 0. The van der Waals surface area contributed by atoms with Crippen molar-refractivity contribution in [1.82, 2.24) is 5.32 Å². The van der Waals surface area contributed by atoms with E-state index in [0.29, 0.717) is 19.0 Å². The van der Waals surface area contributed by atoms with Crippen molar-refractivity contribution in [1.29, 1.82) is 0 Å². The fourth-order valence-corrected chi connectivity index (χ4v) is 2.52. The van der Waals surface area contributed by atoms with Gasteiger partial charge in [0.15, 0.2) is 0 Å². The Labute approximate surface area is 125 Å². The van der Waals surface area contributed by atoms with Crippen molar-refractivity contribution in [2.24, 2.45) is 5.92 Å². The molecule has 0 unspecified atom stereocenters. The van der Waals surface area contributed by atoms with Crippen LogP contribution in [0.2, 0.25) is 0 Å². The molecule has 0 aliphatic carbocycles. The summed E-state index contributed by atoms with van der Waals surface area (Å²) in [5, 5.41) is 12.0. The maximum Gasteiger partial charge on any atom is 0.335 e. The number of carbonyl (C=O) groups is 2. The molecule has 2 N–H and O–H groups in total. The first kappa shape index (κ1) is 15.4. The lowest BCUT2D eigenvalue weighted by Gasteiger charge is -2.18. The topological polar surface area (TPSA) is 69.6 Å². The highest BCUT2D eigenvalue weighted by Gasteiger charge is 2.25. The van der Waals surface area contributed by atoms with Crippen molar-refractivity contribution in [2.45, 2.75) is 33.1 Å². The maximum atomic E-state index is 12.2. The Hall–Kier alpha value is -2.04. The summed E-state index contributed by atoms with van der Waals surface area (Å²) in [4.78, 5) is 24.9. The molecule has 1 heterocycles. The van der Waals surface area contributed by atoms with Gasteiger partial charge in [-0.25, -0.2) is 9.59 Å². The molecule has 5 nitrogen and oxygen atoms in total. The third-order valence-electron chi connectivity index (χ3n) is 3.71. The Morgan fingerprint density at radius 3 is 2.81 bits per heavy atom. The van der Waals surface area contributed by atoms with E-state index >= 15 is 0 Å². The molecule has 21 heavy (non-hydrogen) atoms. The van der Waals surface area contributed by atoms with Crippen LogP contribution < -0.4 is 10.2 Å². The number of carbonyl (C=O) groups excluding carboxylic acids is 1. The van der Waals surface area contributed by atoms with Crippen molar-refractivity contribution in [3.05, 3.63) is 29.3 Å². The van der Waals surface area contributed by atoms with Gasteiger partial charge in [0.1, 0.15) is 0 Å². The summed E-state index contributed by atoms with van der Waals surface area (Å²) in [6.45, 7) is 5.58. The summed E-state index contributed by atoms with van der Waals surface area (Å²) in [5.41, 5.74) is 1.96. The lowest BCUT2D eigenvalue weighted by Crippen LogP contribution is -2.39. The number of urea groups is 1. The molecule has 1 aromatic carbocycles. The molecule has 0 spiro atoms. The number of carboxylic acids is 1. The lowest BCUT2D eigenvalue weighted by molar-refractivity contribution is 0.0697. The summed E-state index contributed by atoms with van der Waals surface area (Å²) in [7, 11) is 0. The van der Waals surface area contributed by atoms with E-state index in [1.54, 1.807) is 23.1 Å². The molecule has 0 bridgehead atoms. The molecular weight excluding hydrogens is 268 g/mol. The maximum absolute atomic E-state index is 12.2. The van der Waals surface area contributed by atoms with Gasteiger partial charge in [-0.2, -0.15) is 0 Å². The van der Waals surface area contributed by atoms with Crippen LogP contribution in [-0.4, -0.2) is 30.2 Å². The van der Waals surface area contributed by atoms with Crippen molar-refractivity contribution in [3.8, 4) is 0 Å². The zero-order valence-electron chi connectivity index (χ0n) is 12.6. The molecule has 2 amide bonds. The normalized spacial score (nSPS) is 13.4. The molecule has 1 aliphatic heterocycles. The zero-order valence-corrected chi connectivity index (χ0v) is 12.6. The van der Waals surface area contributed by atoms with E-state index in [9.17, 15) is 9.59 Å². The van der Waals surface area contributed by atoms with Gasteiger partial charge in [-0.1, -0.05) is 19.9 Å². The number of carboxylic acid groups (broad SMARTS) is 1. The van der Waals surface area contributed by atoms with Gasteiger partial charge in [-0.3, -0.25) is 4.90 Å². The molecule has 0 atom stereocenters. The molecule has 1 aliphatic rings. The SMILES string of the molecule is CC(C)CCCNC(=O)N1CCc2ccc(C(=O)O)cc21. The Bertz CT molecular complexity index is 540. The Morgan fingerprint density at radius 2 is 2.14 bits per heavy atom. The van der Waals surface area contributed by atoms with Crippen LogP contribution in [0.4, 0.5) is 10.5 Å². The number of aromatic carboxylic acids is 1. The number of anilines is 1. The Balaban J connectivity index is 1.99. The van der Waals surface area contributed by atoms with Crippen LogP contribution in [0.1, 0.15) is 42.6 Å². The summed E-state index contributed by atoms with van der Waals surface area (Å²) in [6, 6.07) is 4.83. The van der Waals surface area contributed by atoms with Gasteiger partial charge in [0.2, 0.25) is 0 Å². The van der Waals surface area contributed by atoms with Crippen LogP contribution in [0.15, 0.2) is 18.2 Å². The fourth-order valence-electron chi connectivity index (χ4n) is 2.52. The van der Waals surface area contributed by atoms with Crippen molar-refractivity contribution in [2.75, 3.05) is 18.0 Å². The lowest BCUT2D eigenvalue weighted by atomic mass is 10.1. The molecule has 0 saturated heterocycles. The van der Waals surface area contributed by atoms with Crippen molar-refractivity contribution < 1.29 is 14.7 Å². The number of fused-ring (bicyclic) bond motifs is 1. The van der Waals surface area contributed by atoms with Crippen LogP contribution in [0.25, 0.3) is 0 Å². The molecule has 114 valence electrons. The monoisotopic (exact) mass is 290 g/mol. The van der Waals surface area contributed by atoms with Crippen LogP contribution in [-0.2, 0) is 6.42 Å². The van der Waals surface area contributed by atoms with Crippen LogP contribution >= 0.6 is 0 Å². The minimum atomic E-state index is -0.970. The first-order chi connectivity index (χ1) is 9.99. The van der Waals surface area contributed by atoms with E-state index in [0.717, 1.165) is 30.5 Å². The van der Waals surface area contributed by atoms with Crippen molar-refractivity contribution in [3.63, 3.8) is 0 Å². The van der Waals surface area contributed by atoms with E-state index in [4.69, 9.17) is 5.11 Å². The highest BCUT2D eigenvalue weighted by molar-refractivity contribution is 5.96. The molecule has 1 aromatic rings. The minimum Gasteiger partial charge on any atom is -0.478 e. The summed E-state index contributed by atoms with van der Waals surface area (Å²) in [6.07, 6.45) is 2.81. The highest BCUT2D eigenvalue weighted by atomic mass is 16.4. The third-order valence-corrected chi connectivity index (χ3v) is 3.71. The second kappa shape index (κ2) is 6.61. The first-order valence-corrected chi connectivity index (χ1v) is 7.40. The predicted molar refractivity (Wildman–Crippen MR) is 81.9 cm³/mol. The van der Waals surface area contributed by atoms with Gasteiger partial charge < -0.3 is 10.4 Å². The minimum absolute atomic E-state index is 0.139. The quantitative estimate of drug-likeness (QED) is 0.819. The second-order valence-electron chi connectivity index (χ2n) is 5.82. The smallest absolute Gasteiger partial charge is 0.335 e. The van der Waals surface area contributed by atoms with E-state index in [1.165, 1.54) is 0 Å². The number of hydrogen-bond donors (Lipinski definition) is 2. The average Bonchev–Trinajstić information content (AvgIpc) is 2.86. The number of rotatable bonds is 5. The molecule has 0 aromatic heterocycles. The second-order valence-corrected chi connectivity index (χ2v) is 5.82. The number of hydrogen-bond acceptors (Lipinski definition) is 2. The predicted octanol–water partition coefficient (Wildman–Crippen LogP) is 2.89. The fraction of sp³-hybridized carbons (Fsp3) is 0.500. The van der Waals surface area contributed by atoms with E-state index in [-0.39, 0.29) is 11.6 Å². The van der Waals surface area contributed by atoms with E-state index in [2.05, 4.69) is 19.2 Å². The Kier molecular flexibility index (Phi) is 4.83. The van der Waals surface area contributed by atoms with E-state index in [1.807, 2.05) is 0 Å². The van der Waals surface area contributed by atoms with Gasteiger partial charge in [-0.05, 0) is 42.9 Å². The molecule has 0 radical (unpaired) electrons. The average molecular weight is 290 g/mol. The van der Waals surface area contributed by atoms with Crippen LogP contribution in [0.5, 0.6) is 0 Å². The summed E-state index contributed by atoms with van der Waals surface area (Å²) in [5.74, 6) is -0.338. The number of nitrogens with one attached hydrogen (secondary N) is 1. The van der Waals surface area contributed by atoms with Gasteiger partial charge in [0.05, 0.1) is 5.56 Å². The van der Waals surface area contributed by atoms with Gasteiger partial charge in [0, 0.05) is 18.8 Å². The van der Waals surface area contributed by atoms with Crippen LogP contribution in [0.3, 0.4) is 0 Å². The van der Waals surface area contributed by atoms with Gasteiger partial charge in [0.25, 0.3) is 0 Å². The van der Waals surface area contributed by atoms with Crippen LogP contribution in [0, 0.1) is 5.92 Å². The Morgan fingerprint density at radius 1 is 1.38 bits per heavy atom.